The Kier molecular flexibility index (Phi) is 3.23. The van der Waals surface area contributed by atoms with Crippen LogP contribution in [0.25, 0.3) is 0 Å². The molecule has 2 rings (SSSR count). The first-order valence-corrected chi connectivity index (χ1v) is 5.92. The monoisotopic (exact) mass is 248 g/mol. The fourth-order valence-electron chi connectivity index (χ4n) is 2.08. The van der Waals surface area contributed by atoms with Gasteiger partial charge in [0.05, 0.1) is 5.56 Å². The zero-order valence-corrected chi connectivity index (χ0v) is 10.5. The number of carboxylic acid groups (broad SMARTS) is 1. The van der Waals surface area contributed by atoms with E-state index < -0.39 is 5.97 Å². The van der Waals surface area contributed by atoms with Crippen molar-refractivity contribution < 1.29 is 14.7 Å². The zero-order valence-electron chi connectivity index (χ0n) is 10.5. The van der Waals surface area contributed by atoms with Gasteiger partial charge in [0.25, 0.3) is 0 Å². The highest BCUT2D eigenvalue weighted by atomic mass is 16.4. The van der Waals surface area contributed by atoms with Crippen LogP contribution < -0.4 is 4.90 Å². The van der Waals surface area contributed by atoms with Crippen molar-refractivity contribution in [3.05, 3.63) is 29.8 Å². The van der Waals surface area contributed by atoms with E-state index in [-0.39, 0.29) is 17.6 Å². The maximum absolute atomic E-state index is 12.1. The van der Waals surface area contributed by atoms with Gasteiger partial charge < -0.3 is 10.0 Å². The second kappa shape index (κ2) is 4.68. The lowest BCUT2D eigenvalue weighted by molar-refractivity contribution is 0.0697. The van der Waals surface area contributed by atoms with Crippen LogP contribution in [-0.2, 0) is 0 Å². The quantitative estimate of drug-likeness (QED) is 0.890. The van der Waals surface area contributed by atoms with E-state index in [2.05, 4.69) is 0 Å². The molecular weight excluding hydrogens is 232 g/mol. The van der Waals surface area contributed by atoms with Crippen molar-refractivity contribution in [3.8, 4) is 0 Å². The Hall–Kier alpha value is -2.04. The summed E-state index contributed by atoms with van der Waals surface area (Å²) >= 11 is 0. The van der Waals surface area contributed by atoms with Crippen LogP contribution in [0, 0.1) is 0 Å². The Morgan fingerprint density at radius 3 is 2.61 bits per heavy atom. The first-order valence-electron chi connectivity index (χ1n) is 5.92. The number of urea groups is 1. The number of benzene rings is 1. The zero-order chi connectivity index (χ0) is 13.3. The third-order valence-corrected chi connectivity index (χ3v) is 3.07. The SMILES string of the molecule is CC(C)N1CCN(c2cccc(C(=O)O)c2)C1=O. The van der Waals surface area contributed by atoms with Crippen molar-refractivity contribution in [1.29, 1.82) is 0 Å². The van der Waals surface area contributed by atoms with Gasteiger partial charge in [-0.2, -0.15) is 0 Å². The maximum Gasteiger partial charge on any atom is 0.335 e. The number of rotatable bonds is 3. The number of aromatic carboxylic acids is 1. The van der Waals surface area contributed by atoms with E-state index in [0.29, 0.717) is 18.8 Å². The summed E-state index contributed by atoms with van der Waals surface area (Å²) in [7, 11) is 0. The van der Waals surface area contributed by atoms with Gasteiger partial charge in [0, 0.05) is 24.8 Å². The molecule has 18 heavy (non-hydrogen) atoms. The van der Waals surface area contributed by atoms with Gasteiger partial charge in [-0.3, -0.25) is 4.90 Å². The van der Waals surface area contributed by atoms with Crippen molar-refractivity contribution in [1.82, 2.24) is 4.90 Å². The number of anilines is 1. The van der Waals surface area contributed by atoms with Crippen LogP contribution in [0.5, 0.6) is 0 Å². The summed E-state index contributed by atoms with van der Waals surface area (Å²) in [5.74, 6) is -0.982. The summed E-state index contributed by atoms with van der Waals surface area (Å²) in [6, 6.07) is 6.56. The predicted molar refractivity (Wildman–Crippen MR) is 68.0 cm³/mol. The molecule has 0 unspecified atom stereocenters. The summed E-state index contributed by atoms with van der Waals surface area (Å²) in [5.41, 5.74) is 0.839. The minimum Gasteiger partial charge on any atom is -0.478 e. The van der Waals surface area contributed by atoms with E-state index in [0.717, 1.165) is 0 Å². The number of hydrogen-bond acceptors (Lipinski definition) is 2. The number of hydrogen-bond donors (Lipinski definition) is 1. The van der Waals surface area contributed by atoms with Crippen molar-refractivity contribution in [2.45, 2.75) is 19.9 Å². The minimum absolute atomic E-state index is 0.0625. The third-order valence-electron chi connectivity index (χ3n) is 3.07. The molecule has 5 heteroatoms. The Bertz CT molecular complexity index is 485. The first kappa shape index (κ1) is 12.4. The Labute approximate surface area is 106 Å². The van der Waals surface area contributed by atoms with Crippen LogP contribution in [0.15, 0.2) is 24.3 Å². The number of carbonyl (C=O) groups excluding carboxylic acids is 1. The van der Waals surface area contributed by atoms with Gasteiger partial charge in [-0.1, -0.05) is 6.07 Å². The van der Waals surface area contributed by atoms with Crippen LogP contribution in [-0.4, -0.2) is 41.1 Å². The fourth-order valence-corrected chi connectivity index (χ4v) is 2.08. The molecular formula is C13H16N2O3. The summed E-state index contributed by atoms with van der Waals surface area (Å²) in [6.07, 6.45) is 0. The second-order valence-corrected chi connectivity index (χ2v) is 4.58. The van der Waals surface area contributed by atoms with E-state index in [1.54, 1.807) is 21.9 Å². The lowest BCUT2D eigenvalue weighted by atomic mass is 10.2. The van der Waals surface area contributed by atoms with Gasteiger partial charge in [-0.25, -0.2) is 9.59 Å². The number of carbonyl (C=O) groups is 2. The van der Waals surface area contributed by atoms with Gasteiger partial charge in [0.15, 0.2) is 0 Å². The highest BCUT2D eigenvalue weighted by molar-refractivity contribution is 5.96. The summed E-state index contributed by atoms with van der Waals surface area (Å²) in [5, 5.41) is 8.94. The second-order valence-electron chi connectivity index (χ2n) is 4.58. The van der Waals surface area contributed by atoms with Crippen LogP contribution in [0.4, 0.5) is 10.5 Å². The van der Waals surface area contributed by atoms with Crippen LogP contribution in [0.3, 0.4) is 0 Å². The molecule has 0 atom stereocenters. The van der Waals surface area contributed by atoms with Gasteiger partial charge in [0.2, 0.25) is 0 Å². The molecule has 1 aromatic rings. The van der Waals surface area contributed by atoms with Crippen LogP contribution >= 0.6 is 0 Å². The lowest BCUT2D eigenvalue weighted by Crippen LogP contribution is -2.36. The summed E-state index contributed by atoms with van der Waals surface area (Å²) < 4.78 is 0. The number of nitrogens with zero attached hydrogens (tertiary/aromatic N) is 2. The van der Waals surface area contributed by atoms with Gasteiger partial charge >= 0.3 is 12.0 Å². The Balaban J connectivity index is 2.25. The number of amides is 2. The molecule has 0 spiro atoms. The molecule has 0 saturated carbocycles. The van der Waals surface area contributed by atoms with Gasteiger partial charge in [-0.15, -0.1) is 0 Å². The van der Waals surface area contributed by atoms with E-state index in [1.807, 2.05) is 13.8 Å². The molecule has 0 aromatic heterocycles. The molecule has 1 fully saturated rings. The molecule has 1 saturated heterocycles. The smallest absolute Gasteiger partial charge is 0.335 e. The molecule has 5 nitrogen and oxygen atoms in total. The average molecular weight is 248 g/mol. The molecule has 0 aliphatic carbocycles. The highest BCUT2D eigenvalue weighted by Crippen LogP contribution is 2.22. The maximum atomic E-state index is 12.1. The molecule has 1 aliphatic rings. The third kappa shape index (κ3) is 2.16. The van der Waals surface area contributed by atoms with E-state index in [4.69, 9.17) is 5.11 Å². The average Bonchev–Trinajstić information content (AvgIpc) is 2.71. The first-order chi connectivity index (χ1) is 8.50. The molecule has 1 N–H and O–H groups in total. The molecule has 1 heterocycles. The summed E-state index contributed by atoms with van der Waals surface area (Å²) in [6.45, 7) is 5.21. The standard InChI is InChI=1S/C13H16N2O3/c1-9(2)14-6-7-15(13(14)18)11-5-3-4-10(8-11)12(16)17/h3-5,8-9H,6-7H2,1-2H3,(H,16,17). The van der Waals surface area contributed by atoms with Crippen molar-refractivity contribution in [2.75, 3.05) is 18.0 Å². The van der Waals surface area contributed by atoms with Gasteiger partial charge in [-0.05, 0) is 32.0 Å². The minimum atomic E-state index is -0.982. The van der Waals surface area contributed by atoms with E-state index in [9.17, 15) is 9.59 Å². The van der Waals surface area contributed by atoms with Crippen LogP contribution in [0.1, 0.15) is 24.2 Å². The predicted octanol–water partition coefficient (Wildman–Crippen LogP) is 2.04. The molecule has 96 valence electrons. The van der Waals surface area contributed by atoms with Gasteiger partial charge in [0.1, 0.15) is 0 Å². The fraction of sp³-hybridized carbons (Fsp3) is 0.385. The molecule has 1 aromatic carbocycles. The van der Waals surface area contributed by atoms with Crippen molar-refractivity contribution in [2.24, 2.45) is 0 Å². The topological polar surface area (TPSA) is 60.9 Å². The summed E-state index contributed by atoms with van der Waals surface area (Å²) in [4.78, 5) is 26.4. The largest absolute Gasteiger partial charge is 0.478 e. The van der Waals surface area contributed by atoms with Crippen molar-refractivity contribution in [3.63, 3.8) is 0 Å². The molecule has 2 amide bonds. The van der Waals surface area contributed by atoms with Crippen molar-refractivity contribution >= 4 is 17.7 Å². The highest BCUT2D eigenvalue weighted by Gasteiger charge is 2.31. The lowest BCUT2D eigenvalue weighted by Gasteiger charge is -2.21. The van der Waals surface area contributed by atoms with Crippen LogP contribution in [0.2, 0.25) is 0 Å². The Morgan fingerprint density at radius 2 is 2.06 bits per heavy atom. The van der Waals surface area contributed by atoms with E-state index >= 15 is 0 Å². The molecule has 1 aliphatic heterocycles. The molecule has 0 radical (unpaired) electrons. The van der Waals surface area contributed by atoms with E-state index in [1.165, 1.54) is 12.1 Å². The Morgan fingerprint density at radius 1 is 1.33 bits per heavy atom. The normalized spacial score (nSPS) is 15.6. The number of carboxylic acids is 1. The molecule has 0 bridgehead atoms.